The molecule has 1 aromatic carbocycles. The molecule has 0 unspecified atom stereocenters. The number of rotatable bonds is 2. The van der Waals surface area contributed by atoms with Crippen LogP contribution in [0.5, 0.6) is 0 Å². The predicted molar refractivity (Wildman–Crippen MR) is 71.2 cm³/mol. The largest absolute Gasteiger partial charge is 0.402 e. The molecule has 0 saturated carbocycles. The normalized spacial score (nSPS) is 16.1. The van der Waals surface area contributed by atoms with Crippen LogP contribution in [0.2, 0.25) is 0 Å². The summed E-state index contributed by atoms with van der Waals surface area (Å²) < 4.78 is 18.6. The lowest BCUT2D eigenvalue weighted by atomic mass is 10.2. The van der Waals surface area contributed by atoms with Crippen LogP contribution in [0.1, 0.15) is 11.1 Å². The average Bonchev–Trinajstić information content (AvgIpc) is 2.81. The lowest BCUT2D eigenvalue weighted by Crippen LogP contribution is -2.07. The van der Waals surface area contributed by atoms with Crippen LogP contribution in [0.25, 0.3) is 6.08 Å². The van der Waals surface area contributed by atoms with Crippen molar-refractivity contribution in [3.05, 3.63) is 71.4 Å². The van der Waals surface area contributed by atoms with E-state index in [0.717, 1.165) is 5.56 Å². The SMILES string of the molecule is O=C1OC(c2ccccc2F)=N/C1=C/c1ccncc1. The molecule has 0 spiro atoms. The maximum atomic E-state index is 13.6. The smallest absolute Gasteiger partial charge is 0.363 e. The Kier molecular flexibility index (Phi) is 3.09. The third kappa shape index (κ3) is 2.33. The van der Waals surface area contributed by atoms with E-state index in [9.17, 15) is 9.18 Å². The summed E-state index contributed by atoms with van der Waals surface area (Å²) >= 11 is 0. The zero-order chi connectivity index (χ0) is 13.9. The number of esters is 1. The third-order valence-electron chi connectivity index (χ3n) is 2.73. The summed E-state index contributed by atoms with van der Waals surface area (Å²) in [5.74, 6) is -1.10. The van der Waals surface area contributed by atoms with Crippen molar-refractivity contribution < 1.29 is 13.9 Å². The zero-order valence-corrected chi connectivity index (χ0v) is 10.3. The fourth-order valence-corrected chi connectivity index (χ4v) is 1.78. The van der Waals surface area contributed by atoms with Crippen molar-refractivity contribution in [2.24, 2.45) is 4.99 Å². The molecule has 1 aliphatic heterocycles. The molecule has 0 radical (unpaired) electrons. The first-order chi connectivity index (χ1) is 9.74. The highest BCUT2D eigenvalue weighted by Crippen LogP contribution is 2.20. The number of carbonyl (C=O) groups excluding carboxylic acids is 1. The van der Waals surface area contributed by atoms with Gasteiger partial charge in [0.1, 0.15) is 5.82 Å². The van der Waals surface area contributed by atoms with Gasteiger partial charge in [0.2, 0.25) is 5.90 Å². The first-order valence-electron chi connectivity index (χ1n) is 5.91. The third-order valence-corrected chi connectivity index (χ3v) is 2.73. The number of benzene rings is 1. The minimum Gasteiger partial charge on any atom is -0.402 e. The van der Waals surface area contributed by atoms with Crippen molar-refractivity contribution in [2.75, 3.05) is 0 Å². The molecule has 98 valence electrons. The number of pyridine rings is 1. The molecule has 2 aromatic rings. The summed E-state index contributed by atoms with van der Waals surface area (Å²) in [6, 6.07) is 9.48. The van der Waals surface area contributed by atoms with Crippen LogP contribution in [0.4, 0.5) is 4.39 Å². The number of hydrogen-bond acceptors (Lipinski definition) is 4. The van der Waals surface area contributed by atoms with Gasteiger partial charge >= 0.3 is 5.97 Å². The van der Waals surface area contributed by atoms with Crippen LogP contribution < -0.4 is 0 Å². The molecular formula is C15H9FN2O2. The fourth-order valence-electron chi connectivity index (χ4n) is 1.78. The fraction of sp³-hybridized carbons (Fsp3) is 0. The zero-order valence-electron chi connectivity index (χ0n) is 10.3. The summed E-state index contributed by atoms with van der Waals surface area (Å²) in [5.41, 5.74) is 1.07. The molecule has 1 aromatic heterocycles. The summed E-state index contributed by atoms with van der Waals surface area (Å²) in [6.45, 7) is 0. The Labute approximate surface area is 114 Å². The van der Waals surface area contributed by atoms with Crippen molar-refractivity contribution in [3.8, 4) is 0 Å². The van der Waals surface area contributed by atoms with Gasteiger partial charge in [0.15, 0.2) is 5.70 Å². The first-order valence-corrected chi connectivity index (χ1v) is 5.91. The molecule has 5 heteroatoms. The lowest BCUT2D eigenvalue weighted by molar-refractivity contribution is -0.129. The van der Waals surface area contributed by atoms with Gasteiger partial charge in [-0.1, -0.05) is 12.1 Å². The van der Waals surface area contributed by atoms with Gasteiger partial charge in [0.25, 0.3) is 0 Å². The molecule has 0 bridgehead atoms. The van der Waals surface area contributed by atoms with Gasteiger partial charge in [-0.3, -0.25) is 4.98 Å². The Morgan fingerprint density at radius 3 is 2.60 bits per heavy atom. The number of aromatic nitrogens is 1. The van der Waals surface area contributed by atoms with E-state index in [-0.39, 0.29) is 17.2 Å². The van der Waals surface area contributed by atoms with E-state index < -0.39 is 11.8 Å². The maximum absolute atomic E-state index is 13.6. The Morgan fingerprint density at radius 1 is 1.10 bits per heavy atom. The van der Waals surface area contributed by atoms with Crippen molar-refractivity contribution in [1.82, 2.24) is 4.98 Å². The molecule has 2 heterocycles. The Balaban J connectivity index is 1.98. The van der Waals surface area contributed by atoms with E-state index in [0.29, 0.717) is 0 Å². The molecular weight excluding hydrogens is 259 g/mol. The maximum Gasteiger partial charge on any atom is 0.363 e. The number of cyclic esters (lactones) is 1. The molecule has 0 amide bonds. The van der Waals surface area contributed by atoms with E-state index >= 15 is 0 Å². The van der Waals surface area contributed by atoms with Crippen molar-refractivity contribution in [3.63, 3.8) is 0 Å². The van der Waals surface area contributed by atoms with Crippen molar-refractivity contribution in [1.29, 1.82) is 0 Å². The standard InChI is InChI=1S/C15H9FN2O2/c16-12-4-2-1-3-11(12)14-18-13(15(19)20-14)9-10-5-7-17-8-6-10/h1-9H/b13-9+. The van der Waals surface area contributed by atoms with E-state index in [1.165, 1.54) is 12.1 Å². The number of aliphatic imine (C=N–C) groups is 1. The van der Waals surface area contributed by atoms with Gasteiger partial charge < -0.3 is 4.74 Å². The minimum atomic E-state index is -0.597. The molecule has 1 aliphatic rings. The van der Waals surface area contributed by atoms with E-state index in [2.05, 4.69) is 9.98 Å². The van der Waals surface area contributed by atoms with Crippen LogP contribution >= 0.6 is 0 Å². The lowest BCUT2D eigenvalue weighted by Gasteiger charge is -1.99. The molecule has 4 nitrogen and oxygen atoms in total. The topological polar surface area (TPSA) is 51.5 Å². The average molecular weight is 268 g/mol. The van der Waals surface area contributed by atoms with Crippen LogP contribution in [0, 0.1) is 5.82 Å². The van der Waals surface area contributed by atoms with Crippen LogP contribution in [0.15, 0.2) is 59.5 Å². The van der Waals surface area contributed by atoms with Gasteiger partial charge in [-0.2, -0.15) is 0 Å². The highest BCUT2D eigenvalue weighted by molar-refractivity contribution is 6.12. The number of carbonyl (C=O) groups is 1. The Hall–Kier alpha value is -2.82. The summed E-state index contributed by atoms with van der Waals surface area (Å²) in [6.07, 6.45) is 4.78. The Morgan fingerprint density at radius 2 is 1.85 bits per heavy atom. The van der Waals surface area contributed by atoms with E-state index in [1.54, 1.807) is 42.7 Å². The molecule has 0 fully saturated rings. The number of ether oxygens (including phenoxy) is 1. The molecule has 3 rings (SSSR count). The van der Waals surface area contributed by atoms with Gasteiger partial charge in [-0.05, 0) is 35.9 Å². The summed E-state index contributed by atoms with van der Waals surface area (Å²) in [5, 5.41) is 0. The Bertz CT molecular complexity index is 724. The van der Waals surface area contributed by atoms with Crippen LogP contribution in [0.3, 0.4) is 0 Å². The predicted octanol–water partition coefficient (Wildman–Crippen LogP) is 2.57. The number of nitrogens with zero attached hydrogens (tertiary/aromatic N) is 2. The highest BCUT2D eigenvalue weighted by atomic mass is 19.1. The van der Waals surface area contributed by atoms with Gasteiger partial charge in [-0.15, -0.1) is 0 Å². The van der Waals surface area contributed by atoms with E-state index in [4.69, 9.17) is 4.74 Å². The molecule has 0 saturated heterocycles. The van der Waals surface area contributed by atoms with Crippen molar-refractivity contribution >= 4 is 17.9 Å². The van der Waals surface area contributed by atoms with Crippen LogP contribution in [-0.4, -0.2) is 16.9 Å². The molecule has 0 N–H and O–H groups in total. The molecule has 0 aliphatic carbocycles. The second-order valence-corrected chi connectivity index (χ2v) is 4.10. The minimum absolute atomic E-state index is 0.0200. The monoisotopic (exact) mass is 268 g/mol. The van der Waals surface area contributed by atoms with Gasteiger partial charge in [-0.25, -0.2) is 14.2 Å². The first kappa shape index (κ1) is 12.2. The van der Waals surface area contributed by atoms with E-state index in [1.807, 2.05) is 0 Å². The second kappa shape index (κ2) is 5.05. The highest BCUT2D eigenvalue weighted by Gasteiger charge is 2.25. The summed E-state index contributed by atoms with van der Waals surface area (Å²) in [7, 11) is 0. The summed E-state index contributed by atoms with van der Waals surface area (Å²) in [4.78, 5) is 19.7. The van der Waals surface area contributed by atoms with Gasteiger partial charge in [0.05, 0.1) is 5.56 Å². The quantitative estimate of drug-likeness (QED) is 0.621. The number of hydrogen-bond donors (Lipinski definition) is 0. The molecule has 20 heavy (non-hydrogen) atoms. The van der Waals surface area contributed by atoms with Crippen molar-refractivity contribution in [2.45, 2.75) is 0 Å². The molecule has 0 atom stereocenters. The second-order valence-electron chi connectivity index (χ2n) is 4.10. The van der Waals surface area contributed by atoms with Crippen LogP contribution in [-0.2, 0) is 9.53 Å². The van der Waals surface area contributed by atoms with Gasteiger partial charge in [0, 0.05) is 12.4 Å². The number of halogens is 1.